The van der Waals surface area contributed by atoms with Gasteiger partial charge in [-0.3, -0.25) is 0 Å². The highest BCUT2D eigenvalue weighted by molar-refractivity contribution is 7.91. The monoisotopic (exact) mass is 603 g/mol. The molecule has 0 amide bonds. The van der Waals surface area contributed by atoms with E-state index in [0.29, 0.717) is 49.5 Å². The summed E-state index contributed by atoms with van der Waals surface area (Å²) in [5.74, 6) is -1.70. The summed E-state index contributed by atoms with van der Waals surface area (Å²) in [4.78, 5) is 12.2. The quantitative estimate of drug-likeness (QED) is 0.347. The molecule has 1 saturated heterocycles. The van der Waals surface area contributed by atoms with E-state index in [-0.39, 0.29) is 29.0 Å². The number of halogens is 3. The number of nitrogens with zero attached hydrogens (tertiary/aromatic N) is 4. The number of fused-ring (bicyclic) bond motifs is 1. The lowest BCUT2D eigenvalue weighted by Gasteiger charge is -2.44. The molecule has 0 saturated carbocycles. The van der Waals surface area contributed by atoms with Crippen molar-refractivity contribution >= 4 is 32.8 Å². The van der Waals surface area contributed by atoms with E-state index in [1.165, 1.54) is 18.4 Å². The average Bonchev–Trinajstić information content (AvgIpc) is 2.93. The summed E-state index contributed by atoms with van der Waals surface area (Å²) in [6.07, 6.45) is 3.92. The first kappa shape index (κ1) is 29.9. The fourth-order valence-corrected chi connectivity index (χ4v) is 6.64. The topological polar surface area (TPSA) is 87.7 Å². The largest absolute Gasteiger partial charge is 0.481 e. The molecule has 2 aliphatic rings. The van der Waals surface area contributed by atoms with Gasteiger partial charge in [-0.2, -0.15) is 0 Å². The Balaban J connectivity index is 1.39. The average molecular weight is 604 g/mol. The van der Waals surface area contributed by atoms with Gasteiger partial charge in [-0.25, -0.2) is 31.6 Å². The number of rotatable bonds is 7. The van der Waals surface area contributed by atoms with Gasteiger partial charge in [-0.1, -0.05) is 6.92 Å². The molecule has 1 fully saturated rings. The molecule has 5 rings (SSSR count). The molecule has 1 aromatic heterocycles. The SMILES string of the molecule is CCC(C)N1CC(C)(C)Oc2c(F)cc(-c3nc(Nc4ccc(N5CCC(S(C)(=O)=O)CC5)c(F)c4)ncc3F)cc21. The summed E-state index contributed by atoms with van der Waals surface area (Å²) in [5.41, 5.74) is 0.764. The van der Waals surface area contributed by atoms with Crippen LogP contribution in [0, 0.1) is 17.5 Å². The Morgan fingerprint density at radius 3 is 2.43 bits per heavy atom. The maximum atomic E-state index is 15.4. The third-order valence-corrected chi connectivity index (χ3v) is 9.68. The van der Waals surface area contributed by atoms with Crippen molar-refractivity contribution in [1.29, 1.82) is 0 Å². The van der Waals surface area contributed by atoms with Gasteiger partial charge in [0.2, 0.25) is 5.95 Å². The first-order valence-electron chi connectivity index (χ1n) is 14.1. The van der Waals surface area contributed by atoms with Crippen molar-refractivity contribution in [2.75, 3.05) is 41.0 Å². The van der Waals surface area contributed by atoms with E-state index >= 15 is 13.2 Å². The Labute approximate surface area is 244 Å². The first-order valence-corrected chi connectivity index (χ1v) is 16.0. The van der Waals surface area contributed by atoms with Gasteiger partial charge < -0.3 is 19.9 Å². The zero-order valence-electron chi connectivity index (χ0n) is 24.4. The van der Waals surface area contributed by atoms with Crippen LogP contribution < -0.4 is 19.9 Å². The molecular formula is C30H36F3N5O3S. The molecule has 2 aromatic carbocycles. The summed E-state index contributed by atoms with van der Waals surface area (Å²) >= 11 is 0. The number of hydrogen-bond acceptors (Lipinski definition) is 8. The molecule has 3 heterocycles. The summed E-state index contributed by atoms with van der Waals surface area (Å²) in [6, 6.07) is 7.51. The molecule has 0 bridgehead atoms. The van der Waals surface area contributed by atoms with Crippen molar-refractivity contribution in [3.05, 3.63) is 54.0 Å². The minimum absolute atomic E-state index is 0.0156. The molecule has 1 N–H and O–H groups in total. The second kappa shape index (κ2) is 11.3. The molecule has 226 valence electrons. The summed E-state index contributed by atoms with van der Waals surface area (Å²) in [7, 11) is -3.13. The highest BCUT2D eigenvalue weighted by Crippen LogP contribution is 2.43. The standard InChI is InChI=1S/C30H36F3N5O3S/c1-6-18(2)38-17-30(3,4)41-28-23(32)13-19(14-26(28)38)27-24(33)16-34-29(36-27)35-20-7-8-25(22(31)15-20)37-11-9-21(10-12-37)42(5,39)40/h7-8,13-16,18,21H,6,9-12,17H2,1-5H3,(H,34,35,36). The van der Waals surface area contributed by atoms with Crippen molar-refractivity contribution < 1.29 is 26.3 Å². The summed E-state index contributed by atoms with van der Waals surface area (Å²) in [6.45, 7) is 9.29. The molecule has 1 unspecified atom stereocenters. The molecule has 12 heteroatoms. The summed E-state index contributed by atoms with van der Waals surface area (Å²) < 4.78 is 75.2. The Morgan fingerprint density at radius 2 is 1.79 bits per heavy atom. The lowest BCUT2D eigenvalue weighted by atomic mass is 10.00. The van der Waals surface area contributed by atoms with E-state index in [4.69, 9.17) is 4.74 Å². The first-order chi connectivity index (χ1) is 19.8. The smallest absolute Gasteiger partial charge is 0.227 e. The lowest BCUT2D eigenvalue weighted by Crippen LogP contribution is -2.50. The fraction of sp³-hybridized carbons (Fsp3) is 0.467. The van der Waals surface area contributed by atoms with E-state index in [9.17, 15) is 8.42 Å². The van der Waals surface area contributed by atoms with Crippen LogP contribution in [0.1, 0.15) is 47.0 Å². The second-order valence-electron chi connectivity index (χ2n) is 11.8. The molecule has 0 radical (unpaired) electrons. The molecule has 0 aliphatic carbocycles. The van der Waals surface area contributed by atoms with E-state index < -0.39 is 38.1 Å². The van der Waals surface area contributed by atoms with Gasteiger partial charge in [0.1, 0.15) is 26.9 Å². The van der Waals surface area contributed by atoms with Gasteiger partial charge in [-0.15, -0.1) is 0 Å². The van der Waals surface area contributed by atoms with Crippen LogP contribution in [0.25, 0.3) is 11.3 Å². The van der Waals surface area contributed by atoms with Gasteiger partial charge in [0.25, 0.3) is 0 Å². The Kier molecular flexibility index (Phi) is 8.04. The number of piperidine rings is 1. The van der Waals surface area contributed by atoms with Crippen molar-refractivity contribution in [2.24, 2.45) is 0 Å². The van der Waals surface area contributed by atoms with Crippen LogP contribution >= 0.6 is 0 Å². The van der Waals surface area contributed by atoms with E-state index in [0.717, 1.165) is 12.6 Å². The van der Waals surface area contributed by atoms with Gasteiger partial charge in [0.05, 0.1) is 29.4 Å². The second-order valence-corrected chi connectivity index (χ2v) is 14.1. The van der Waals surface area contributed by atoms with Gasteiger partial charge in [0, 0.05) is 36.6 Å². The molecule has 1 atom stereocenters. The highest BCUT2D eigenvalue weighted by Gasteiger charge is 2.36. The van der Waals surface area contributed by atoms with Crippen LogP contribution in [0.15, 0.2) is 36.5 Å². The summed E-state index contributed by atoms with van der Waals surface area (Å²) in [5, 5.41) is 2.49. The maximum Gasteiger partial charge on any atom is 0.227 e. The molecule has 42 heavy (non-hydrogen) atoms. The van der Waals surface area contributed by atoms with Crippen LogP contribution in [-0.2, 0) is 9.84 Å². The predicted molar refractivity (Wildman–Crippen MR) is 159 cm³/mol. The van der Waals surface area contributed by atoms with E-state index in [1.54, 1.807) is 18.2 Å². The van der Waals surface area contributed by atoms with Crippen LogP contribution in [-0.4, -0.2) is 61.2 Å². The van der Waals surface area contributed by atoms with E-state index in [2.05, 4.69) is 20.2 Å². The van der Waals surface area contributed by atoms with E-state index in [1.807, 2.05) is 32.6 Å². The van der Waals surface area contributed by atoms with Crippen LogP contribution in [0.4, 0.5) is 36.2 Å². The van der Waals surface area contributed by atoms with Gasteiger partial charge in [0.15, 0.2) is 17.4 Å². The van der Waals surface area contributed by atoms with Gasteiger partial charge in [-0.05, 0) is 70.4 Å². The predicted octanol–water partition coefficient (Wildman–Crippen LogP) is 6.09. The molecule has 2 aliphatic heterocycles. The third kappa shape index (κ3) is 6.13. The van der Waals surface area contributed by atoms with Crippen molar-refractivity contribution in [2.45, 2.75) is 63.9 Å². The van der Waals surface area contributed by atoms with Crippen LogP contribution in [0.5, 0.6) is 5.75 Å². The minimum Gasteiger partial charge on any atom is -0.481 e. The number of hydrogen-bond donors (Lipinski definition) is 1. The number of anilines is 4. The molecule has 3 aromatic rings. The maximum absolute atomic E-state index is 15.4. The Morgan fingerprint density at radius 1 is 1.07 bits per heavy atom. The zero-order chi connectivity index (χ0) is 30.4. The normalized spacial score (nSPS) is 17.9. The van der Waals surface area contributed by atoms with Crippen molar-refractivity contribution in [1.82, 2.24) is 9.97 Å². The Hall–Kier alpha value is -3.54. The number of ether oxygens (including phenoxy) is 1. The molecule has 0 spiro atoms. The van der Waals surface area contributed by atoms with Gasteiger partial charge >= 0.3 is 0 Å². The van der Waals surface area contributed by atoms with Crippen molar-refractivity contribution in [3.63, 3.8) is 0 Å². The molecular weight excluding hydrogens is 567 g/mol. The molecule has 8 nitrogen and oxygen atoms in total. The lowest BCUT2D eigenvalue weighted by molar-refractivity contribution is 0.0960. The third-order valence-electron chi connectivity index (χ3n) is 8.00. The fourth-order valence-electron chi connectivity index (χ4n) is 5.57. The number of aromatic nitrogens is 2. The van der Waals surface area contributed by atoms with Crippen LogP contribution in [0.2, 0.25) is 0 Å². The Bertz CT molecular complexity index is 1590. The van der Waals surface area contributed by atoms with Crippen molar-refractivity contribution in [3.8, 4) is 17.0 Å². The highest BCUT2D eigenvalue weighted by atomic mass is 32.2. The number of benzene rings is 2. The number of sulfone groups is 1. The zero-order valence-corrected chi connectivity index (χ0v) is 25.2. The number of nitrogens with one attached hydrogen (secondary N) is 1. The van der Waals surface area contributed by atoms with Crippen LogP contribution in [0.3, 0.4) is 0 Å². The minimum atomic E-state index is -3.13.